The molecule has 1 saturated heterocycles. The second kappa shape index (κ2) is 9.06. The Labute approximate surface area is 129 Å². The smallest absolute Gasteiger partial charge is 0.119 e. The van der Waals surface area contributed by atoms with Crippen LogP contribution in [0.1, 0.15) is 25.7 Å². The molecule has 1 fully saturated rings. The third-order valence-electron chi connectivity index (χ3n) is 4.32. The molecule has 0 bridgehead atoms. The SMILES string of the molecule is CN(C)CCC1CCN(CCCOc2ccccc2)CC1. The predicted molar refractivity (Wildman–Crippen MR) is 88.9 cm³/mol. The molecule has 1 aliphatic heterocycles. The second-order valence-corrected chi connectivity index (χ2v) is 6.39. The van der Waals surface area contributed by atoms with Crippen LogP contribution in [0.4, 0.5) is 0 Å². The van der Waals surface area contributed by atoms with Crippen molar-refractivity contribution in [1.82, 2.24) is 9.80 Å². The van der Waals surface area contributed by atoms with Gasteiger partial charge in [-0.25, -0.2) is 0 Å². The maximum absolute atomic E-state index is 5.75. The van der Waals surface area contributed by atoms with Crippen LogP contribution in [0, 0.1) is 5.92 Å². The number of benzene rings is 1. The van der Waals surface area contributed by atoms with E-state index in [0.717, 1.165) is 24.7 Å². The lowest BCUT2D eigenvalue weighted by molar-refractivity contribution is 0.161. The van der Waals surface area contributed by atoms with Gasteiger partial charge < -0.3 is 14.5 Å². The van der Waals surface area contributed by atoms with Gasteiger partial charge in [0.2, 0.25) is 0 Å². The average molecular weight is 290 g/mol. The molecule has 0 radical (unpaired) electrons. The summed E-state index contributed by atoms with van der Waals surface area (Å²) < 4.78 is 5.75. The molecule has 0 amide bonds. The van der Waals surface area contributed by atoms with Gasteiger partial charge >= 0.3 is 0 Å². The number of ether oxygens (including phenoxy) is 1. The Morgan fingerprint density at radius 3 is 2.52 bits per heavy atom. The largest absolute Gasteiger partial charge is 0.494 e. The van der Waals surface area contributed by atoms with Crippen molar-refractivity contribution in [3.05, 3.63) is 30.3 Å². The summed E-state index contributed by atoms with van der Waals surface area (Å²) in [5, 5.41) is 0. The molecule has 0 atom stereocenters. The fraction of sp³-hybridized carbons (Fsp3) is 0.667. The van der Waals surface area contributed by atoms with Gasteiger partial charge in [-0.2, -0.15) is 0 Å². The summed E-state index contributed by atoms with van der Waals surface area (Å²) in [5.74, 6) is 1.92. The lowest BCUT2D eigenvalue weighted by Gasteiger charge is -2.32. The Kier molecular flexibility index (Phi) is 7.04. The molecule has 2 rings (SSSR count). The quantitative estimate of drug-likeness (QED) is 0.684. The molecule has 0 aromatic heterocycles. The Bertz CT molecular complexity index is 372. The van der Waals surface area contributed by atoms with Crippen LogP contribution in [-0.2, 0) is 0 Å². The second-order valence-electron chi connectivity index (χ2n) is 6.39. The molecule has 0 aliphatic carbocycles. The van der Waals surface area contributed by atoms with E-state index in [9.17, 15) is 0 Å². The number of hydrogen-bond donors (Lipinski definition) is 0. The normalized spacial score (nSPS) is 17.3. The monoisotopic (exact) mass is 290 g/mol. The van der Waals surface area contributed by atoms with Gasteiger partial charge in [-0.05, 0) is 77.5 Å². The molecule has 21 heavy (non-hydrogen) atoms. The van der Waals surface area contributed by atoms with E-state index < -0.39 is 0 Å². The molecule has 1 aromatic rings. The zero-order valence-electron chi connectivity index (χ0n) is 13.6. The number of nitrogens with zero attached hydrogens (tertiary/aromatic N) is 2. The molecule has 1 aliphatic rings. The number of para-hydroxylation sites is 1. The first-order chi connectivity index (χ1) is 10.2. The minimum atomic E-state index is 0.824. The highest BCUT2D eigenvalue weighted by atomic mass is 16.5. The van der Waals surface area contributed by atoms with E-state index in [1.54, 1.807) is 0 Å². The van der Waals surface area contributed by atoms with E-state index in [1.807, 2.05) is 30.3 Å². The van der Waals surface area contributed by atoms with Crippen LogP contribution in [0.5, 0.6) is 5.75 Å². The molecule has 1 heterocycles. The molecule has 0 unspecified atom stereocenters. The third-order valence-corrected chi connectivity index (χ3v) is 4.32. The van der Waals surface area contributed by atoms with Crippen LogP contribution in [-0.4, -0.2) is 56.7 Å². The summed E-state index contributed by atoms with van der Waals surface area (Å²) >= 11 is 0. The van der Waals surface area contributed by atoms with Crippen molar-refractivity contribution in [3.63, 3.8) is 0 Å². The number of rotatable bonds is 8. The van der Waals surface area contributed by atoms with Crippen molar-refractivity contribution < 1.29 is 4.74 Å². The fourth-order valence-corrected chi connectivity index (χ4v) is 2.93. The summed E-state index contributed by atoms with van der Waals surface area (Å²) in [6.07, 6.45) is 5.22. The zero-order chi connectivity index (χ0) is 14.9. The molecule has 0 saturated carbocycles. The van der Waals surface area contributed by atoms with Crippen molar-refractivity contribution in [3.8, 4) is 5.75 Å². The molecule has 0 spiro atoms. The zero-order valence-corrected chi connectivity index (χ0v) is 13.6. The molecule has 0 N–H and O–H groups in total. The van der Waals surface area contributed by atoms with Crippen LogP contribution in [0.2, 0.25) is 0 Å². The molecule has 3 heteroatoms. The van der Waals surface area contributed by atoms with Crippen LogP contribution in [0.25, 0.3) is 0 Å². The first-order valence-corrected chi connectivity index (χ1v) is 8.29. The molecular formula is C18H30N2O. The van der Waals surface area contributed by atoms with Crippen LogP contribution in [0.3, 0.4) is 0 Å². The lowest BCUT2D eigenvalue weighted by atomic mass is 9.93. The Morgan fingerprint density at radius 2 is 1.86 bits per heavy atom. The maximum atomic E-state index is 5.75. The van der Waals surface area contributed by atoms with Gasteiger partial charge in [0, 0.05) is 6.54 Å². The van der Waals surface area contributed by atoms with Crippen molar-refractivity contribution in [2.45, 2.75) is 25.7 Å². The standard InChI is InChI=1S/C18H30N2O/c1-19(2)13-9-17-10-14-20(15-11-17)12-6-16-21-18-7-4-3-5-8-18/h3-5,7-8,17H,6,9-16H2,1-2H3. The highest BCUT2D eigenvalue weighted by molar-refractivity contribution is 5.20. The summed E-state index contributed by atoms with van der Waals surface area (Å²) in [5.41, 5.74) is 0. The number of likely N-dealkylation sites (tertiary alicyclic amines) is 1. The van der Waals surface area contributed by atoms with Crippen molar-refractivity contribution >= 4 is 0 Å². The topological polar surface area (TPSA) is 15.7 Å². The fourth-order valence-electron chi connectivity index (χ4n) is 2.93. The van der Waals surface area contributed by atoms with Gasteiger partial charge in [-0.15, -0.1) is 0 Å². The number of hydrogen-bond acceptors (Lipinski definition) is 3. The third kappa shape index (κ3) is 6.49. The van der Waals surface area contributed by atoms with E-state index >= 15 is 0 Å². The van der Waals surface area contributed by atoms with Gasteiger partial charge in [0.15, 0.2) is 0 Å². The summed E-state index contributed by atoms with van der Waals surface area (Å²) in [4.78, 5) is 4.90. The van der Waals surface area contributed by atoms with Gasteiger partial charge in [-0.3, -0.25) is 0 Å². The summed E-state index contributed by atoms with van der Waals surface area (Å²) in [7, 11) is 4.34. The maximum Gasteiger partial charge on any atom is 0.119 e. The van der Waals surface area contributed by atoms with Gasteiger partial charge in [0.25, 0.3) is 0 Å². The number of piperidine rings is 1. The molecule has 118 valence electrons. The van der Waals surface area contributed by atoms with Crippen LogP contribution >= 0.6 is 0 Å². The minimum absolute atomic E-state index is 0.824. The summed E-state index contributed by atoms with van der Waals surface area (Å²) in [6.45, 7) is 5.76. The molecule has 1 aromatic carbocycles. The first kappa shape index (κ1) is 16.3. The van der Waals surface area contributed by atoms with E-state index in [4.69, 9.17) is 4.74 Å². The molecular weight excluding hydrogens is 260 g/mol. The van der Waals surface area contributed by atoms with E-state index in [1.165, 1.54) is 45.4 Å². The van der Waals surface area contributed by atoms with E-state index in [2.05, 4.69) is 23.9 Å². The Hall–Kier alpha value is -1.06. The van der Waals surface area contributed by atoms with E-state index in [0.29, 0.717) is 0 Å². The van der Waals surface area contributed by atoms with Gasteiger partial charge in [-0.1, -0.05) is 18.2 Å². The first-order valence-electron chi connectivity index (χ1n) is 8.29. The van der Waals surface area contributed by atoms with Crippen molar-refractivity contribution in [1.29, 1.82) is 0 Å². The predicted octanol–water partition coefficient (Wildman–Crippen LogP) is 3.12. The highest BCUT2D eigenvalue weighted by Gasteiger charge is 2.18. The van der Waals surface area contributed by atoms with Gasteiger partial charge in [0.1, 0.15) is 5.75 Å². The lowest BCUT2D eigenvalue weighted by Crippen LogP contribution is -2.35. The van der Waals surface area contributed by atoms with Crippen molar-refractivity contribution in [2.75, 3.05) is 46.9 Å². The van der Waals surface area contributed by atoms with Crippen molar-refractivity contribution in [2.24, 2.45) is 5.92 Å². The van der Waals surface area contributed by atoms with Crippen LogP contribution in [0.15, 0.2) is 30.3 Å². The minimum Gasteiger partial charge on any atom is -0.494 e. The average Bonchev–Trinajstić information content (AvgIpc) is 2.52. The Morgan fingerprint density at radius 1 is 1.14 bits per heavy atom. The molecule has 3 nitrogen and oxygen atoms in total. The van der Waals surface area contributed by atoms with E-state index in [-0.39, 0.29) is 0 Å². The summed E-state index contributed by atoms with van der Waals surface area (Å²) in [6, 6.07) is 10.1. The Balaban J connectivity index is 1.53. The highest BCUT2D eigenvalue weighted by Crippen LogP contribution is 2.20. The van der Waals surface area contributed by atoms with Gasteiger partial charge in [0.05, 0.1) is 6.61 Å². The van der Waals surface area contributed by atoms with Crippen LogP contribution < -0.4 is 4.74 Å².